The van der Waals surface area contributed by atoms with E-state index in [0.717, 1.165) is 17.4 Å². The number of hydrogen-bond donors (Lipinski definition) is 2. The van der Waals surface area contributed by atoms with Crippen LogP contribution in [0.5, 0.6) is 5.88 Å². The largest absolute Gasteiger partial charge is 0.493 e. The first-order chi connectivity index (χ1) is 15.2. The van der Waals surface area contributed by atoms with Gasteiger partial charge in [0.15, 0.2) is 12.4 Å². The van der Waals surface area contributed by atoms with Crippen LogP contribution >= 0.6 is 0 Å². The van der Waals surface area contributed by atoms with Crippen LogP contribution in [0.4, 0.5) is 5.69 Å². The Kier molecular flexibility index (Phi) is 4.89. The molecule has 1 aliphatic heterocycles. The van der Waals surface area contributed by atoms with E-state index < -0.39 is 5.91 Å². The summed E-state index contributed by atoms with van der Waals surface area (Å²) < 4.78 is 1.94. The van der Waals surface area contributed by atoms with E-state index in [2.05, 4.69) is 36.0 Å². The van der Waals surface area contributed by atoms with Gasteiger partial charge in [0.05, 0.1) is 18.1 Å². The van der Waals surface area contributed by atoms with E-state index in [-0.39, 0.29) is 5.88 Å². The molecule has 3 atom stereocenters. The minimum Gasteiger partial charge on any atom is -0.493 e. The summed E-state index contributed by atoms with van der Waals surface area (Å²) in [5.41, 5.74) is 2.37. The zero-order valence-electron chi connectivity index (χ0n) is 18.9. The van der Waals surface area contributed by atoms with Gasteiger partial charge < -0.3 is 10.0 Å². The molecule has 3 aromatic rings. The number of azo groups is 1. The van der Waals surface area contributed by atoms with Gasteiger partial charge in [0.25, 0.3) is 5.91 Å². The number of carbonyl (C=O) groups excluding carboxylic acids is 1. The van der Waals surface area contributed by atoms with E-state index in [1.807, 2.05) is 28.8 Å². The SMILES string of the molecule is CC1(C)C[C@H]2C[C@](C)(C[NH+]2Cn2c(O)c(N=NC(=O)c3ccncc3)c3ccccc32)C1. The molecule has 1 amide bonds. The molecule has 1 aromatic carbocycles. The highest BCUT2D eigenvalue weighted by molar-refractivity contribution is 5.97. The maximum atomic E-state index is 12.4. The molecule has 5 rings (SSSR count). The normalized spacial score (nSPS) is 26.7. The zero-order valence-corrected chi connectivity index (χ0v) is 18.9. The van der Waals surface area contributed by atoms with Gasteiger partial charge in [0.1, 0.15) is 0 Å². The Labute approximate surface area is 187 Å². The van der Waals surface area contributed by atoms with Gasteiger partial charge in [0, 0.05) is 41.6 Å². The molecule has 7 nitrogen and oxygen atoms in total. The summed E-state index contributed by atoms with van der Waals surface area (Å²) >= 11 is 0. The molecule has 2 bridgehead atoms. The van der Waals surface area contributed by atoms with E-state index >= 15 is 0 Å². The summed E-state index contributed by atoms with van der Waals surface area (Å²) in [7, 11) is 0. The highest BCUT2D eigenvalue weighted by Gasteiger charge is 2.52. The van der Waals surface area contributed by atoms with Crippen molar-refractivity contribution in [3.8, 4) is 5.88 Å². The lowest BCUT2D eigenvalue weighted by atomic mass is 9.65. The Balaban J connectivity index is 1.47. The Morgan fingerprint density at radius 2 is 1.94 bits per heavy atom. The number of amides is 1. The number of fused-ring (bicyclic) bond motifs is 3. The van der Waals surface area contributed by atoms with Crippen LogP contribution in [0.3, 0.4) is 0 Å². The standard InChI is InChI=1S/C25H29N5O2/c1-24(2)12-18-13-25(3,14-24)15-29(18)16-30-20-7-5-4-6-19(20)21(23(30)32)27-28-22(31)17-8-10-26-11-9-17/h4-11,18,32H,12-16H2,1-3H3/p+1/t18-,25-/m0/s1. The van der Waals surface area contributed by atoms with Gasteiger partial charge in [-0.1, -0.05) is 39.0 Å². The van der Waals surface area contributed by atoms with Crippen LogP contribution in [0, 0.1) is 10.8 Å². The average molecular weight is 433 g/mol. The third kappa shape index (κ3) is 3.71. The van der Waals surface area contributed by atoms with Crippen LogP contribution in [-0.2, 0) is 6.67 Å². The second kappa shape index (κ2) is 7.52. The van der Waals surface area contributed by atoms with Gasteiger partial charge in [0.2, 0.25) is 5.88 Å². The molecule has 0 radical (unpaired) electrons. The monoisotopic (exact) mass is 432 g/mol. The predicted molar refractivity (Wildman–Crippen MR) is 122 cm³/mol. The first kappa shape index (κ1) is 20.8. The molecule has 1 aliphatic carbocycles. The van der Waals surface area contributed by atoms with E-state index in [1.54, 1.807) is 24.5 Å². The maximum absolute atomic E-state index is 12.4. The highest BCUT2D eigenvalue weighted by atomic mass is 16.3. The van der Waals surface area contributed by atoms with E-state index in [0.29, 0.717) is 34.8 Å². The molecule has 166 valence electrons. The summed E-state index contributed by atoms with van der Waals surface area (Å²) in [6, 6.07) is 11.6. The van der Waals surface area contributed by atoms with Crippen molar-refractivity contribution >= 4 is 22.5 Å². The Morgan fingerprint density at radius 1 is 1.19 bits per heavy atom. The van der Waals surface area contributed by atoms with Gasteiger partial charge in [-0.2, -0.15) is 0 Å². The molecule has 2 aromatic heterocycles. The molecule has 1 saturated carbocycles. The van der Waals surface area contributed by atoms with E-state index in [1.165, 1.54) is 24.2 Å². The molecule has 1 saturated heterocycles. The number of quaternary nitrogens is 1. The number of aromatic hydroxyl groups is 1. The van der Waals surface area contributed by atoms with Gasteiger partial charge >= 0.3 is 0 Å². The second-order valence-electron chi connectivity index (χ2n) is 10.6. The molecule has 2 N–H and O–H groups in total. The van der Waals surface area contributed by atoms with Gasteiger partial charge in [-0.25, -0.2) is 0 Å². The Morgan fingerprint density at radius 3 is 2.72 bits per heavy atom. The maximum Gasteiger partial charge on any atom is 0.295 e. The van der Waals surface area contributed by atoms with Gasteiger partial charge in [-0.05, 0) is 30.0 Å². The lowest BCUT2D eigenvalue weighted by Crippen LogP contribution is -3.13. The number of carbonyl (C=O) groups is 1. The number of benzene rings is 1. The van der Waals surface area contributed by atoms with Crippen molar-refractivity contribution in [1.82, 2.24) is 9.55 Å². The van der Waals surface area contributed by atoms with Crippen molar-refractivity contribution in [2.24, 2.45) is 21.1 Å². The summed E-state index contributed by atoms with van der Waals surface area (Å²) in [5.74, 6) is -0.395. The fourth-order valence-electron chi connectivity index (χ4n) is 6.32. The molecule has 2 fully saturated rings. The molecule has 1 unspecified atom stereocenters. The Hall–Kier alpha value is -3.06. The summed E-state index contributed by atoms with van der Waals surface area (Å²) in [6.45, 7) is 8.94. The lowest BCUT2D eigenvalue weighted by Gasteiger charge is -2.37. The van der Waals surface area contributed by atoms with E-state index in [4.69, 9.17) is 0 Å². The molecular weight excluding hydrogens is 402 g/mol. The van der Waals surface area contributed by atoms with Crippen LogP contribution in [0.15, 0.2) is 59.0 Å². The predicted octanol–water partition coefficient (Wildman–Crippen LogP) is 4.11. The number of para-hydroxylation sites is 1. The number of aromatic nitrogens is 2. The van der Waals surface area contributed by atoms with Gasteiger partial charge in [-0.15, -0.1) is 10.2 Å². The summed E-state index contributed by atoms with van der Waals surface area (Å²) in [6.07, 6.45) is 6.77. The quantitative estimate of drug-likeness (QED) is 0.609. The van der Waals surface area contributed by atoms with Crippen LogP contribution < -0.4 is 4.90 Å². The fraction of sp³-hybridized carbons (Fsp3) is 0.440. The van der Waals surface area contributed by atoms with Gasteiger partial charge in [-0.3, -0.25) is 14.3 Å². The smallest absolute Gasteiger partial charge is 0.295 e. The molecule has 3 heterocycles. The number of nitrogens with one attached hydrogen (secondary N) is 1. The van der Waals surface area contributed by atoms with Crippen LogP contribution in [-0.4, -0.2) is 33.2 Å². The molecular formula is C25H30N5O2+. The average Bonchev–Trinajstić information content (AvgIpc) is 3.15. The molecule has 0 spiro atoms. The number of rotatable bonds is 4. The highest BCUT2D eigenvalue weighted by Crippen LogP contribution is 2.47. The second-order valence-corrected chi connectivity index (χ2v) is 10.6. The van der Waals surface area contributed by atoms with Crippen molar-refractivity contribution in [1.29, 1.82) is 0 Å². The third-order valence-corrected chi connectivity index (χ3v) is 7.12. The summed E-state index contributed by atoms with van der Waals surface area (Å²) in [4.78, 5) is 17.8. The van der Waals surface area contributed by atoms with Crippen molar-refractivity contribution in [3.05, 3.63) is 54.4 Å². The van der Waals surface area contributed by atoms with Crippen LogP contribution in [0.1, 0.15) is 50.4 Å². The van der Waals surface area contributed by atoms with Crippen molar-refractivity contribution in [2.75, 3.05) is 6.54 Å². The number of likely N-dealkylation sites (tertiary alicyclic amines) is 1. The first-order valence-corrected chi connectivity index (χ1v) is 11.3. The minimum atomic E-state index is -0.460. The molecule has 32 heavy (non-hydrogen) atoms. The minimum absolute atomic E-state index is 0.0656. The first-order valence-electron chi connectivity index (χ1n) is 11.3. The van der Waals surface area contributed by atoms with Crippen molar-refractivity contribution in [2.45, 2.75) is 52.7 Å². The fourth-order valence-corrected chi connectivity index (χ4v) is 6.32. The molecule has 2 aliphatic rings. The Bertz CT molecular complexity index is 1200. The van der Waals surface area contributed by atoms with Crippen molar-refractivity contribution < 1.29 is 14.8 Å². The third-order valence-electron chi connectivity index (χ3n) is 7.12. The van der Waals surface area contributed by atoms with E-state index in [9.17, 15) is 9.90 Å². The molecule has 7 heteroatoms. The van der Waals surface area contributed by atoms with Crippen LogP contribution in [0.25, 0.3) is 10.9 Å². The number of nitrogens with zero attached hydrogens (tertiary/aromatic N) is 4. The van der Waals surface area contributed by atoms with Crippen LogP contribution in [0.2, 0.25) is 0 Å². The van der Waals surface area contributed by atoms with Crippen molar-refractivity contribution in [3.63, 3.8) is 0 Å². The number of pyridine rings is 1. The lowest BCUT2D eigenvalue weighted by molar-refractivity contribution is -0.936. The summed E-state index contributed by atoms with van der Waals surface area (Å²) in [5, 5.41) is 20.0. The number of hydrogen-bond acceptors (Lipinski definition) is 4. The topological polar surface area (TPSA) is 84.3 Å². The zero-order chi connectivity index (χ0) is 22.5.